The standard InChI is InChI=1S/C26H29FN4O2/c1-5-6-15-31-25(29-33-26(31,3)21-9-11-22(27)12-10-21)14-8-20-7-13-23(24(16-20)32-4)30-17-19(2)28-18-30/h7-14,16-18H,5-6,15H2,1-4H3/b14-8+. The van der Waals surface area contributed by atoms with Crippen LogP contribution < -0.4 is 4.74 Å². The highest BCUT2D eigenvalue weighted by molar-refractivity contribution is 5.97. The molecule has 0 aliphatic carbocycles. The van der Waals surface area contributed by atoms with Crippen molar-refractivity contribution in [2.75, 3.05) is 13.7 Å². The Kier molecular flexibility index (Phi) is 6.49. The fourth-order valence-corrected chi connectivity index (χ4v) is 3.92. The van der Waals surface area contributed by atoms with Gasteiger partial charge in [0, 0.05) is 25.2 Å². The molecule has 7 heteroatoms. The van der Waals surface area contributed by atoms with E-state index in [1.54, 1.807) is 25.6 Å². The Labute approximate surface area is 194 Å². The van der Waals surface area contributed by atoms with Crippen LogP contribution in [0.5, 0.6) is 5.75 Å². The number of imidazole rings is 1. The van der Waals surface area contributed by atoms with Gasteiger partial charge in [-0.3, -0.25) is 0 Å². The van der Waals surface area contributed by atoms with E-state index < -0.39 is 5.72 Å². The second-order valence-corrected chi connectivity index (χ2v) is 8.22. The molecule has 0 amide bonds. The molecular formula is C26H29FN4O2. The van der Waals surface area contributed by atoms with Gasteiger partial charge in [0.05, 0.1) is 24.8 Å². The molecule has 6 nitrogen and oxygen atoms in total. The summed E-state index contributed by atoms with van der Waals surface area (Å²) in [6.45, 7) is 6.84. The molecule has 1 aromatic heterocycles. The quantitative estimate of drug-likeness (QED) is 0.446. The number of methoxy groups -OCH3 is 1. The maximum Gasteiger partial charge on any atom is 0.234 e. The Balaban J connectivity index is 1.59. The molecule has 1 unspecified atom stereocenters. The van der Waals surface area contributed by atoms with Gasteiger partial charge in [0.15, 0.2) is 5.84 Å². The van der Waals surface area contributed by atoms with Crippen molar-refractivity contribution in [2.45, 2.75) is 39.3 Å². The van der Waals surface area contributed by atoms with Crippen molar-refractivity contribution >= 4 is 11.9 Å². The lowest BCUT2D eigenvalue weighted by molar-refractivity contribution is -0.0905. The number of ether oxygens (including phenoxy) is 1. The van der Waals surface area contributed by atoms with Crippen molar-refractivity contribution in [2.24, 2.45) is 5.16 Å². The van der Waals surface area contributed by atoms with Crippen molar-refractivity contribution in [1.82, 2.24) is 14.5 Å². The number of amidine groups is 1. The molecule has 1 aliphatic heterocycles. The van der Waals surface area contributed by atoms with Crippen LogP contribution in [-0.4, -0.2) is 33.9 Å². The molecule has 1 aliphatic rings. The minimum Gasteiger partial charge on any atom is -0.495 e. The number of hydrogen-bond donors (Lipinski definition) is 0. The van der Waals surface area contributed by atoms with Crippen molar-refractivity contribution in [3.8, 4) is 11.4 Å². The molecular weight excluding hydrogens is 419 g/mol. The molecule has 0 saturated carbocycles. The van der Waals surface area contributed by atoms with E-state index in [0.717, 1.165) is 53.5 Å². The van der Waals surface area contributed by atoms with E-state index in [2.05, 4.69) is 22.0 Å². The van der Waals surface area contributed by atoms with Gasteiger partial charge in [-0.2, -0.15) is 0 Å². The summed E-state index contributed by atoms with van der Waals surface area (Å²) in [4.78, 5) is 12.3. The molecule has 2 aromatic carbocycles. The van der Waals surface area contributed by atoms with Gasteiger partial charge in [0.25, 0.3) is 0 Å². The first-order valence-electron chi connectivity index (χ1n) is 11.1. The molecule has 0 spiro atoms. The third-order valence-corrected chi connectivity index (χ3v) is 5.84. The monoisotopic (exact) mass is 448 g/mol. The molecule has 33 heavy (non-hydrogen) atoms. The van der Waals surface area contributed by atoms with Crippen LogP contribution in [0.4, 0.5) is 4.39 Å². The zero-order valence-electron chi connectivity index (χ0n) is 19.5. The first-order chi connectivity index (χ1) is 15.9. The van der Waals surface area contributed by atoms with Gasteiger partial charge in [-0.15, -0.1) is 0 Å². The first kappa shape index (κ1) is 22.6. The third kappa shape index (κ3) is 4.62. The van der Waals surface area contributed by atoms with Gasteiger partial charge in [-0.05, 0) is 49.2 Å². The summed E-state index contributed by atoms with van der Waals surface area (Å²) < 4.78 is 21.0. The number of halogens is 1. The van der Waals surface area contributed by atoms with Gasteiger partial charge < -0.3 is 19.0 Å². The number of benzene rings is 2. The Morgan fingerprint density at radius 2 is 1.94 bits per heavy atom. The van der Waals surface area contributed by atoms with Gasteiger partial charge in [-0.1, -0.05) is 42.8 Å². The molecule has 0 bridgehead atoms. The molecule has 3 aromatic rings. The summed E-state index contributed by atoms with van der Waals surface area (Å²) in [6, 6.07) is 12.4. The summed E-state index contributed by atoms with van der Waals surface area (Å²) in [5, 5.41) is 4.37. The molecule has 0 saturated heterocycles. The molecule has 4 rings (SSSR count). The van der Waals surface area contributed by atoms with Crippen molar-refractivity contribution in [3.63, 3.8) is 0 Å². The van der Waals surface area contributed by atoms with Crippen LogP contribution in [0.25, 0.3) is 11.8 Å². The molecule has 1 atom stereocenters. The number of rotatable bonds is 8. The van der Waals surface area contributed by atoms with E-state index in [-0.39, 0.29) is 5.82 Å². The normalized spacial score (nSPS) is 18.0. The van der Waals surface area contributed by atoms with Crippen LogP contribution in [0.3, 0.4) is 0 Å². The number of nitrogens with zero attached hydrogens (tertiary/aromatic N) is 4. The molecule has 172 valence electrons. The lowest BCUT2D eigenvalue weighted by Crippen LogP contribution is -2.44. The van der Waals surface area contributed by atoms with Crippen LogP contribution in [0.2, 0.25) is 0 Å². The fourth-order valence-electron chi connectivity index (χ4n) is 3.92. The highest BCUT2D eigenvalue weighted by atomic mass is 19.1. The minimum absolute atomic E-state index is 0.273. The summed E-state index contributed by atoms with van der Waals surface area (Å²) in [6.07, 6.45) is 9.69. The first-order valence-corrected chi connectivity index (χ1v) is 11.1. The highest BCUT2D eigenvalue weighted by Gasteiger charge is 2.42. The number of aryl methyl sites for hydroxylation is 1. The smallest absolute Gasteiger partial charge is 0.234 e. The fraction of sp³-hybridized carbons (Fsp3) is 0.308. The maximum atomic E-state index is 13.5. The predicted octanol–water partition coefficient (Wildman–Crippen LogP) is 5.66. The summed E-state index contributed by atoms with van der Waals surface area (Å²) >= 11 is 0. The van der Waals surface area contributed by atoms with Gasteiger partial charge in [-0.25, -0.2) is 9.37 Å². The summed E-state index contributed by atoms with van der Waals surface area (Å²) in [7, 11) is 1.66. The number of oxime groups is 1. The van der Waals surface area contributed by atoms with Crippen LogP contribution in [0.1, 0.15) is 43.5 Å². The number of unbranched alkanes of at least 4 members (excludes halogenated alkanes) is 1. The van der Waals surface area contributed by atoms with E-state index in [1.807, 2.05) is 55.0 Å². The van der Waals surface area contributed by atoms with E-state index in [0.29, 0.717) is 0 Å². The zero-order chi connectivity index (χ0) is 23.4. The SMILES string of the molecule is CCCCN1C(/C=C/c2ccc(-n3cnc(C)c3)c(OC)c2)=NOC1(C)c1ccc(F)cc1. The summed E-state index contributed by atoms with van der Waals surface area (Å²) in [5.74, 6) is 1.20. The van der Waals surface area contributed by atoms with Crippen molar-refractivity contribution in [1.29, 1.82) is 0 Å². The Morgan fingerprint density at radius 1 is 1.15 bits per heavy atom. The Bertz CT molecular complexity index is 1170. The molecule has 0 radical (unpaired) electrons. The number of aromatic nitrogens is 2. The van der Waals surface area contributed by atoms with Gasteiger partial charge in [0.1, 0.15) is 11.6 Å². The molecule has 0 fully saturated rings. The average Bonchev–Trinajstić information content (AvgIpc) is 3.40. The highest BCUT2D eigenvalue weighted by Crippen LogP contribution is 2.36. The van der Waals surface area contributed by atoms with E-state index in [9.17, 15) is 4.39 Å². The zero-order valence-corrected chi connectivity index (χ0v) is 19.5. The van der Waals surface area contributed by atoms with Gasteiger partial charge >= 0.3 is 0 Å². The van der Waals surface area contributed by atoms with Crippen molar-refractivity contribution < 1.29 is 14.0 Å². The van der Waals surface area contributed by atoms with E-state index in [4.69, 9.17) is 9.57 Å². The lowest BCUT2D eigenvalue weighted by Gasteiger charge is -2.34. The second kappa shape index (κ2) is 9.48. The number of hydrogen-bond acceptors (Lipinski definition) is 5. The van der Waals surface area contributed by atoms with Gasteiger partial charge in [0.2, 0.25) is 5.72 Å². The Hall–Kier alpha value is -3.61. The lowest BCUT2D eigenvalue weighted by atomic mass is 10.0. The van der Waals surface area contributed by atoms with Crippen LogP contribution >= 0.6 is 0 Å². The largest absolute Gasteiger partial charge is 0.495 e. The third-order valence-electron chi connectivity index (χ3n) is 5.84. The molecule has 2 heterocycles. The van der Waals surface area contributed by atoms with E-state index >= 15 is 0 Å². The molecule has 0 N–H and O–H groups in total. The van der Waals surface area contributed by atoms with E-state index in [1.165, 1.54) is 12.1 Å². The summed E-state index contributed by atoms with van der Waals surface area (Å²) in [5.41, 5.74) is 2.90. The Morgan fingerprint density at radius 3 is 2.61 bits per heavy atom. The predicted molar refractivity (Wildman–Crippen MR) is 128 cm³/mol. The topological polar surface area (TPSA) is 51.9 Å². The second-order valence-electron chi connectivity index (χ2n) is 8.22. The van der Waals surface area contributed by atoms with Crippen molar-refractivity contribution in [3.05, 3.63) is 83.7 Å². The van der Waals surface area contributed by atoms with Crippen LogP contribution in [0.15, 0.2) is 66.2 Å². The maximum absolute atomic E-state index is 13.5. The van der Waals surface area contributed by atoms with Crippen LogP contribution in [0, 0.1) is 12.7 Å². The average molecular weight is 449 g/mol. The van der Waals surface area contributed by atoms with Crippen LogP contribution in [-0.2, 0) is 10.6 Å². The minimum atomic E-state index is -0.788.